The molecule has 1 aliphatic rings. The van der Waals surface area contributed by atoms with Crippen molar-refractivity contribution in [3.05, 3.63) is 48.7 Å². The number of nitrogens with zero attached hydrogens (tertiary/aromatic N) is 4. The quantitative estimate of drug-likeness (QED) is 0.788. The Morgan fingerprint density at radius 2 is 2.24 bits per heavy atom. The van der Waals surface area contributed by atoms with Crippen LogP contribution in [-0.2, 0) is 0 Å². The van der Waals surface area contributed by atoms with Gasteiger partial charge in [0.15, 0.2) is 0 Å². The van der Waals surface area contributed by atoms with Gasteiger partial charge in [0.05, 0.1) is 17.8 Å². The maximum atomic E-state index is 4.71. The van der Waals surface area contributed by atoms with Crippen LogP contribution in [0.4, 0.5) is 5.82 Å². The van der Waals surface area contributed by atoms with Crippen LogP contribution in [0.5, 0.6) is 0 Å². The van der Waals surface area contributed by atoms with Crippen molar-refractivity contribution in [2.24, 2.45) is 0 Å². The molecule has 0 bridgehead atoms. The molecule has 3 aromatic rings. The highest BCUT2D eigenvalue weighted by Crippen LogP contribution is 2.32. The Morgan fingerprint density at radius 1 is 1.24 bits per heavy atom. The molecular weight excluding hydrogens is 282 g/mol. The summed E-state index contributed by atoms with van der Waals surface area (Å²) in [7, 11) is 0. The van der Waals surface area contributed by atoms with Crippen molar-refractivity contribution in [3.63, 3.8) is 0 Å². The lowest BCUT2D eigenvalue weighted by Crippen LogP contribution is -2.37. The SMILES string of the molecule is c1ccc(N2CCSCC2c2nc3cnccc3[nH]2)nc1. The van der Waals surface area contributed by atoms with E-state index in [1.54, 1.807) is 12.4 Å². The summed E-state index contributed by atoms with van der Waals surface area (Å²) in [6, 6.07) is 8.24. The van der Waals surface area contributed by atoms with Crippen LogP contribution in [0.15, 0.2) is 42.9 Å². The zero-order valence-corrected chi connectivity index (χ0v) is 12.3. The highest BCUT2D eigenvalue weighted by molar-refractivity contribution is 7.99. The van der Waals surface area contributed by atoms with Gasteiger partial charge in [-0.3, -0.25) is 4.98 Å². The van der Waals surface area contributed by atoms with Crippen LogP contribution in [0, 0.1) is 0 Å². The molecule has 0 amide bonds. The lowest BCUT2D eigenvalue weighted by molar-refractivity contribution is 0.647. The predicted octanol–water partition coefficient (Wildman–Crippen LogP) is 2.65. The van der Waals surface area contributed by atoms with E-state index in [2.05, 4.69) is 25.9 Å². The molecule has 0 saturated carbocycles. The van der Waals surface area contributed by atoms with E-state index in [0.29, 0.717) is 0 Å². The van der Waals surface area contributed by atoms with Gasteiger partial charge in [-0.1, -0.05) is 6.07 Å². The number of nitrogens with one attached hydrogen (secondary N) is 1. The molecule has 1 aliphatic heterocycles. The van der Waals surface area contributed by atoms with Crippen LogP contribution >= 0.6 is 11.8 Å². The highest BCUT2D eigenvalue weighted by atomic mass is 32.2. The lowest BCUT2D eigenvalue weighted by Gasteiger charge is -2.35. The summed E-state index contributed by atoms with van der Waals surface area (Å²) in [4.78, 5) is 19.1. The first-order valence-electron chi connectivity index (χ1n) is 6.97. The van der Waals surface area contributed by atoms with E-state index in [9.17, 15) is 0 Å². The molecule has 1 unspecified atom stereocenters. The predicted molar refractivity (Wildman–Crippen MR) is 85.5 cm³/mol. The van der Waals surface area contributed by atoms with Gasteiger partial charge in [0.1, 0.15) is 17.2 Å². The molecule has 0 spiro atoms. The van der Waals surface area contributed by atoms with Crippen molar-refractivity contribution in [3.8, 4) is 0 Å². The fourth-order valence-electron chi connectivity index (χ4n) is 2.66. The number of hydrogen-bond acceptors (Lipinski definition) is 5. The average Bonchev–Trinajstić information content (AvgIpc) is 2.99. The second-order valence-corrected chi connectivity index (χ2v) is 6.14. The number of pyridine rings is 2. The summed E-state index contributed by atoms with van der Waals surface area (Å²) in [5, 5.41) is 0. The van der Waals surface area contributed by atoms with Crippen LogP contribution in [0.1, 0.15) is 11.9 Å². The number of H-pyrrole nitrogens is 1. The van der Waals surface area contributed by atoms with Crippen molar-refractivity contribution < 1.29 is 0 Å². The van der Waals surface area contributed by atoms with E-state index in [4.69, 9.17) is 4.98 Å². The van der Waals surface area contributed by atoms with Gasteiger partial charge in [0.2, 0.25) is 0 Å². The summed E-state index contributed by atoms with van der Waals surface area (Å²) in [5.74, 6) is 4.15. The standard InChI is InChI=1S/C15H15N5S/c1-2-5-17-14(3-1)20-7-8-21-10-13(20)15-18-11-4-6-16-9-12(11)19-15/h1-6,9,13H,7-8,10H2,(H,18,19). The van der Waals surface area contributed by atoms with E-state index in [0.717, 1.165) is 40.7 Å². The smallest absolute Gasteiger partial charge is 0.131 e. The first-order chi connectivity index (χ1) is 10.4. The van der Waals surface area contributed by atoms with Gasteiger partial charge in [-0.25, -0.2) is 9.97 Å². The number of hydrogen-bond donors (Lipinski definition) is 1. The fraction of sp³-hybridized carbons (Fsp3) is 0.267. The van der Waals surface area contributed by atoms with Crippen molar-refractivity contribution in [2.75, 3.05) is 23.0 Å². The maximum Gasteiger partial charge on any atom is 0.131 e. The van der Waals surface area contributed by atoms with Gasteiger partial charge in [-0.15, -0.1) is 0 Å². The summed E-state index contributed by atoms with van der Waals surface area (Å²) in [6.45, 7) is 0.988. The van der Waals surface area contributed by atoms with Crippen molar-refractivity contribution in [1.82, 2.24) is 19.9 Å². The van der Waals surface area contributed by atoms with E-state index in [1.807, 2.05) is 36.2 Å². The molecule has 1 fully saturated rings. The van der Waals surface area contributed by atoms with Crippen LogP contribution in [0.2, 0.25) is 0 Å². The number of imidazole rings is 1. The molecule has 0 aromatic carbocycles. The average molecular weight is 297 g/mol. The van der Waals surface area contributed by atoms with Gasteiger partial charge in [-0.05, 0) is 18.2 Å². The molecular formula is C15H15N5S. The Bertz CT molecular complexity index is 709. The number of rotatable bonds is 2. The molecule has 1 N–H and O–H groups in total. The zero-order chi connectivity index (χ0) is 14.1. The minimum atomic E-state index is 0.228. The minimum Gasteiger partial charge on any atom is -0.345 e. The molecule has 0 aliphatic carbocycles. The normalized spacial score (nSPS) is 19.0. The highest BCUT2D eigenvalue weighted by Gasteiger charge is 2.27. The summed E-state index contributed by atoms with van der Waals surface area (Å²) in [5.41, 5.74) is 1.96. The minimum absolute atomic E-state index is 0.228. The molecule has 1 atom stereocenters. The molecule has 0 radical (unpaired) electrons. The Balaban J connectivity index is 1.73. The van der Waals surface area contributed by atoms with Crippen LogP contribution in [0.3, 0.4) is 0 Å². The largest absolute Gasteiger partial charge is 0.345 e. The Morgan fingerprint density at radius 3 is 3.10 bits per heavy atom. The van der Waals surface area contributed by atoms with Gasteiger partial charge in [0.25, 0.3) is 0 Å². The maximum absolute atomic E-state index is 4.71. The third-order valence-corrected chi connectivity index (χ3v) is 4.71. The van der Waals surface area contributed by atoms with Gasteiger partial charge in [-0.2, -0.15) is 11.8 Å². The number of fused-ring (bicyclic) bond motifs is 1. The molecule has 106 valence electrons. The first kappa shape index (κ1) is 12.6. The monoisotopic (exact) mass is 297 g/mol. The van der Waals surface area contributed by atoms with Crippen LogP contribution in [-0.4, -0.2) is 38.0 Å². The van der Waals surface area contributed by atoms with Gasteiger partial charge in [0, 0.05) is 30.4 Å². The second-order valence-electron chi connectivity index (χ2n) is 4.99. The number of aromatic nitrogens is 4. The Labute approximate surface area is 126 Å². The van der Waals surface area contributed by atoms with Crippen LogP contribution < -0.4 is 4.90 Å². The topological polar surface area (TPSA) is 57.7 Å². The summed E-state index contributed by atoms with van der Waals surface area (Å²) >= 11 is 1.96. The van der Waals surface area contributed by atoms with E-state index < -0.39 is 0 Å². The Hall–Kier alpha value is -2.08. The zero-order valence-electron chi connectivity index (χ0n) is 11.4. The van der Waals surface area contributed by atoms with Gasteiger partial charge < -0.3 is 9.88 Å². The second kappa shape index (κ2) is 5.37. The van der Waals surface area contributed by atoms with Crippen LogP contribution in [0.25, 0.3) is 11.0 Å². The number of anilines is 1. The Kier molecular flexibility index (Phi) is 3.23. The van der Waals surface area contributed by atoms with Crippen molar-refractivity contribution in [2.45, 2.75) is 6.04 Å². The lowest BCUT2D eigenvalue weighted by atomic mass is 10.2. The molecule has 1 saturated heterocycles. The molecule has 3 aromatic heterocycles. The summed E-state index contributed by atoms with van der Waals surface area (Å²) in [6.07, 6.45) is 5.43. The van der Waals surface area contributed by atoms with Crippen molar-refractivity contribution >= 4 is 28.6 Å². The number of thioether (sulfide) groups is 1. The third kappa shape index (κ3) is 2.35. The molecule has 21 heavy (non-hydrogen) atoms. The molecule has 6 heteroatoms. The molecule has 4 rings (SSSR count). The third-order valence-electron chi connectivity index (χ3n) is 3.69. The van der Waals surface area contributed by atoms with E-state index >= 15 is 0 Å². The van der Waals surface area contributed by atoms with E-state index in [-0.39, 0.29) is 6.04 Å². The molecule has 5 nitrogen and oxygen atoms in total. The molecule has 4 heterocycles. The summed E-state index contributed by atoms with van der Waals surface area (Å²) < 4.78 is 0. The first-order valence-corrected chi connectivity index (χ1v) is 8.12. The number of aromatic amines is 1. The fourth-order valence-corrected chi connectivity index (χ4v) is 3.72. The van der Waals surface area contributed by atoms with Crippen molar-refractivity contribution in [1.29, 1.82) is 0 Å². The van der Waals surface area contributed by atoms with E-state index in [1.165, 1.54) is 0 Å². The van der Waals surface area contributed by atoms with Gasteiger partial charge >= 0.3 is 0 Å².